The molecule has 0 bridgehead atoms. The van der Waals surface area contributed by atoms with Crippen LogP contribution in [0, 0.1) is 0 Å². The topological polar surface area (TPSA) is 49.6 Å². The zero-order valence-electron chi connectivity index (χ0n) is 12.9. The van der Waals surface area contributed by atoms with E-state index >= 15 is 0 Å². The molecule has 1 aliphatic rings. The molecule has 1 amide bonds. The van der Waals surface area contributed by atoms with Gasteiger partial charge < -0.3 is 15.5 Å². The Kier molecular flexibility index (Phi) is 4.21. The summed E-state index contributed by atoms with van der Waals surface area (Å²) in [7, 11) is 3.90. The van der Waals surface area contributed by atoms with Gasteiger partial charge in [-0.05, 0) is 44.4 Å². The highest BCUT2D eigenvalue weighted by atomic mass is 16.2. The third kappa shape index (κ3) is 2.60. The van der Waals surface area contributed by atoms with Crippen LogP contribution >= 0.6 is 0 Å². The number of likely N-dealkylation sites (tertiary alicyclic amines) is 1. The number of anilines is 2. The van der Waals surface area contributed by atoms with Crippen LogP contribution in [-0.4, -0.2) is 37.0 Å². The van der Waals surface area contributed by atoms with Crippen LogP contribution in [0.4, 0.5) is 11.4 Å². The first-order valence-corrected chi connectivity index (χ1v) is 7.35. The molecule has 1 aromatic carbocycles. The lowest BCUT2D eigenvalue weighted by Crippen LogP contribution is -2.40. The second-order valence-corrected chi connectivity index (χ2v) is 5.87. The van der Waals surface area contributed by atoms with E-state index < -0.39 is 0 Å². The van der Waals surface area contributed by atoms with Gasteiger partial charge in [0, 0.05) is 37.6 Å². The molecular formula is C16H25N3O. The van der Waals surface area contributed by atoms with Gasteiger partial charge in [-0.3, -0.25) is 4.79 Å². The fourth-order valence-electron chi connectivity index (χ4n) is 3.09. The summed E-state index contributed by atoms with van der Waals surface area (Å²) in [6.45, 7) is 4.28. The van der Waals surface area contributed by atoms with E-state index in [-0.39, 0.29) is 5.91 Å². The van der Waals surface area contributed by atoms with Crippen molar-refractivity contribution in [1.82, 2.24) is 4.90 Å². The van der Waals surface area contributed by atoms with E-state index in [1.165, 1.54) is 0 Å². The van der Waals surface area contributed by atoms with Gasteiger partial charge in [-0.25, -0.2) is 0 Å². The standard InChI is InChI=1S/C16H25N3O/c1-5-13-8-6-11(2)19(13)16(20)14-10-12(17)7-9-15(14)18(3)4/h7,9-11,13H,5-6,8,17H2,1-4H3. The Hall–Kier alpha value is -1.71. The first kappa shape index (κ1) is 14.7. The zero-order chi connectivity index (χ0) is 14.9. The van der Waals surface area contributed by atoms with Crippen molar-refractivity contribution in [2.24, 2.45) is 0 Å². The lowest BCUT2D eigenvalue weighted by molar-refractivity contribution is 0.0677. The number of carbonyl (C=O) groups is 1. The molecule has 1 aromatic rings. The number of hydrogen-bond acceptors (Lipinski definition) is 3. The summed E-state index contributed by atoms with van der Waals surface area (Å²) in [5, 5.41) is 0. The third-order valence-electron chi connectivity index (χ3n) is 4.22. The molecule has 2 rings (SSSR count). The normalized spacial score (nSPS) is 22.1. The molecule has 1 fully saturated rings. The predicted molar refractivity (Wildman–Crippen MR) is 84.1 cm³/mol. The molecule has 1 heterocycles. The van der Waals surface area contributed by atoms with Gasteiger partial charge in [-0.15, -0.1) is 0 Å². The van der Waals surface area contributed by atoms with Crippen molar-refractivity contribution < 1.29 is 4.79 Å². The van der Waals surface area contributed by atoms with Crippen molar-refractivity contribution in [2.45, 2.75) is 45.2 Å². The van der Waals surface area contributed by atoms with Gasteiger partial charge in [0.15, 0.2) is 0 Å². The SMILES string of the molecule is CCC1CCC(C)N1C(=O)c1cc(N)ccc1N(C)C. The monoisotopic (exact) mass is 275 g/mol. The summed E-state index contributed by atoms with van der Waals surface area (Å²) < 4.78 is 0. The smallest absolute Gasteiger partial charge is 0.256 e. The minimum absolute atomic E-state index is 0.109. The van der Waals surface area contributed by atoms with Crippen molar-refractivity contribution >= 4 is 17.3 Å². The number of benzene rings is 1. The first-order chi connectivity index (χ1) is 9.45. The number of nitrogens with two attached hydrogens (primary N) is 1. The first-order valence-electron chi connectivity index (χ1n) is 7.35. The molecule has 4 heteroatoms. The van der Waals surface area contributed by atoms with Crippen molar-refractivity contribution in [3.8, 4) is 0 Å². The Morgan fingerprint density at radius 3 is 2.70 bits per heavy atom. The van der Waals surface area contributed by atoms with Gasteiger partial charge in [-0.1, -0.05) is 6.92 Å². The average molecular weight is 275 g/mol. The Balaban J connectivity index is 2.40. The number of amides is 1. The fourth-order valence-corrected chi connectivity index (χ4v) is 3.09. The Morgan fingerprint density at radius 2 is 2.10 bits per heavy atom. The van der Waals surface area contributed by atoms with Crippen LogP contribution in [0.25, 0.3) is 0 Å². The zero-order valence-corrected chi connectivity index (χ0v) is 12.9. The van der Waals surface area contributed by atoms with Crippen LogP contribution in [0.1, 0.15) is 43.5 Å². The minimum Gasteiger partial charge on any atom is -0.399 e. The van der Waals surface area contributed by atoms with Gasteiger partial charge in [0.05, 0.1) is 5.56 Å². The quantitative estimate of drug-likeness (QED) is 0.863. The molecular weight excluding hydrogens is 250 g/mol. The molecule has 110 valence electrons. The van der Waals surface area contributed by atoms with Gasteiger partial charge in [-0.2, -0.15) is 0 Å². The number of rotatable bonds is 3. The maximum absolute atomic E-state index is 12.9. The van der Waals surface area contributed by atoms with Crippen LogP contribution in [-0.2, 0) is 0 Å². The van der Waals surface area contributed by atoms with Crippen LogP contribution in [0.2, 0.25) is 0 Å². The molecule has 2 atom stereocenters. The highest BCUT2D eigenvalue weighted by molar-refractivity contribution is 6.01. The van der Waals surface area contributed by atoms with Crippen molar-refractivity contribution in [1.29, 1.82) is 0 Å². The van der Waals surface area contributed by atoms with Crippen molar-refractivity contribution in [2.75, 3.05) is 24.7 Å². The number of nitrogens with zero attached hydrogens (tertiary/aromatic N) is 2. The lowest BCUT2D eigenvalue weighted by Gasteiger charge is -2.30. The van der Waals surface area contributed by atoms with Crippen molar-refractivity contribution in [3.63, 3.8) is 0 Å². The summed E-state index contributed by atoms with van der Waals surface area (Å²) in [4.78, 5) is 17.0. The van der Waals surface area contributed by atoms with E-state index in [0.29, 0.717) is 23.3 Å². The van der Waals surface area contributed by atoms with E-state index in [0.717, 1.165) is 24.9 Å². The van der Waals surface area contributed by atoms with Gasteiger partial charge in [0.25, 0.3) is 5.91 Å². The maximum atomic E-state index is 12.9. The molecule has 0 saturated carbocycles. The summed E-state index contributed by atoms with van der Waals surface area (Å²) in [5.74, 6) is 0.109. The minimum atomic E-state index is 0.109. The molecule has 0 aromatic heterocycles. The molecule has 0 spiro atoms. The molecule has 1 saturated heterocycles. The maximum Gasteiger partial charge on any atom is 0.256 e. The van der Waals surface area contributed by atoms with E-state index in [2.05, 4.69) is 13.8 Å². The van der Waals surface area contributed by atoms with E-state index in [4.69, 9.17) is 5.73 Å². The molecule has 20 heavy (non-hydrogen) atoms. The molecule has 2 N–H and O–H groups in total. The molecule has 4 nitrogen and oxygen atoms in total. The third-order valence-corrected chi connectivity index (χ3v) is 4.22. The van der Waals surface area contributed by atoms with Gasteiger partial charge >= 0.3 is 0 Å². The fraction of sp³-hybridized carbons (Fsp3) is 0.562. The Labute approximate surface area is 121 Å². The Bertz CT molecular complexity index is 498. The molecule has 0 aliphatic carbocycles. The van der Waals surface area contributed by atoms with Gasteiger partial charge in [0.1, 0.15) is 0 Å². The number of hydrogen-bond donors (Lipinski definition) is 1. The van der Waals surface area contributed by atoms with Gasteiger partial charge in [0.2, 0.25) is 0 Å². The highest BCUT2D eigenvalue weighted by Crippen LogP contribution is 2.31. The summed E-state index contributed by atoms with van der Waals surface area (Å²) in [6.07, 6.45) is 3.20. The number of nitrogen functional groups attached to an aromatic ring is 1. The second kappa shape index (κ2) is 5.73. The van der Waals surface area contributed by atoms with Crippen molar-refractivity contribution in [3.05, 3.63) is 23.8 Å². The highest BCUT2D eigenvalue weighted by Gasteiger charge is 2.34. The largest absolute Gasteiger partial charge is 0.399 e. The summed E-state index contributed by atoms with van der Waals surface area (Å²) in [6, 6.07) is 6.23. The molecule has 1 aliphatic heterocycles. The van der Waals surface area contributed by atoms with E-state index in [9.17, 15) is 4.79 Å². The molecule has 2 unspecified atom stereocenters. The number of carbonyl (C=O) groups excluding carboxylic acids is 1. The van der Waals surface area contributed by atoms with Crippen LogP contribution in [0.15, 0.2) is 18.2 Å². The lowest BCUT2D eigenvalue weighted by atomic mass is 10.1. The molecule has 0 radical (unpaired) electrons. The second-order valence-electron chi connectivity index (χ2n) is 5.87. The Morgan fingerprint density at radius 1 is 1.40 bits per heavy atom. The van der Waals surface area contributed by atoms with Crippen LogP contribution in [0.3, 0.4) is 0 Å². The predicted octanol–water partition coefficient (Wildman–Crippen LogP) is 2.74. The summed E-state index contributed by atoms with van der Waals surface area (Å²) >= 11 is 0. The van der Waals surface area contributed by atoms with E-state index in [1.807, 2.05) is 36.0 Å². The van der Waals surface area contributed by atoms with Crippen LogP contribution in [0.5, 0.6) is 0 Å². The summed E-state index contributed by atoms with van der Waals surface area (Å²) in [5.41, 5.74) is 8.15. The average Bonchev–Trinajstić information content (AvgIpc) is 2.78. The van der Waals surface area contributed by atoms with E-state index in [1.54, 1.807) is 6.07 Å². The van der Waals surface area contributed by atoms with Crippen LogP contribution < -0.4 is 10.6 Å².